The Morgan fingerprint density at radius 3 is 2.27 bits per heavy atom. The van der Waals surface area contributed by atoms with Crippen LogP contribution in [0.25, 0.3) is 0 Å². The van der Waals surface area contributed by atoms with Gasteiger partial charge in [-0.2, -0.15) is 0 Å². The van der Waals surface area contributed by atoms with Gasteiger partial charge in [0.1, 0.15) is 0 Å². The average molecular weight is 399 g/mol. The van der Waals surface area contributed by atoms with E-state index in [4.69, 9.17) is 0 Å². The Labute approximate surface area is 176 Å². The normalized spacial score (nSPS) is 12.8. The van der Waals surface area contributed by atoms with E-state index in [9.17, 15) is 9.59 Å². The van der Waals surface area contributed by atoms with Gasteiger partial charge in [0, 0.05) is 30.9 Å². The summed E-state index contributed by atoms with van der Waals surface area (Å²) >= 11 is 0. The van der Waals surface area contributed by atoms with Crippen LogP contribution in [-0.2, 0) is 6.54 Å². The fourth-order valence-electron chi connectivity index (χ4n) is 3.26. The maximum atomic E-state index is 13.1. The predicted molar refractivity (Wildman–Crippen MR) is 119 cm³/mol. The molecule has 5 nitrogen and oxygen atoms in total. The molecule has 0 radical (unpaired) electrons. The van der Waals surface area contributed by atoms with Crippen molar-refractivity contribution in [2.75, 3.05) is 12.4 Å². The molecule has 3 aromatic carbocycles. The highest BCUT2D eigenvalue weighted by Crippen LogP contribution is 2.23. The first-order chi connectivity index (χ1) is 14.6. The molecular formula is C25H25N3O2. The molecule has 0 spiro atoms. The fourth-order valence-corrected chi connectivity index (χ4v) is 3.26. The first kappa shape index (κ1) is 19.7. The number of carbonyl (C=O) groups is 2. The number of rotatable bonds is 7. The molecule has 0 heterocycles. The smallest absolute Gasteiger partial charge is 0.256 e. The molecule has 30 heavy (non-hydrogen) atoms. The zero-order valence-electron chi connectivity index (χ0n) is 17.0. The summed E-state index contributed by atoms with van der Waals surface area (Å²) in [6.07, 6.45) is 2.13. The lowest BCUT2D eigenvalue weighted by Gasteiger charge is -2.20. The van der Waals surface area contributed by atoms with Crippen LogP contribution >= 0.6 is 0 Å². The minimum absolute atomic E-state index is 0.0330. The van der Waals surface area contributed by atoms with Crippen LogP contribution in [-0.4, -0.2) is 29.8 Å². The van der Waals surface area contributed by atoms with Gasteiger partial charge in [-0.1, -0.05) is 42.5 Å². The van der Waals surface area contributed by atoms with Crippen LogP contribution in [0.2, 0.25) is 0 Å². The van der Waals surface area contributed by atoms with Gasteiger partial charge in [0.15, 0.2) is 0 Å². The van der Waals surface area contributed by atoms with Gasteiger partial charge in [0.25, 0.3) is 11.8 Å². The molecule has 0 aliphatic heterocycles. The van der Waals surface area contributed by atoms with Crippen LogP contribution in [0.4, 0.5) is 11.4 Å². The lowest BCUT2D eigenvalue weighted by atomic mass is 10.1. The van der Waals surface area contributed by atoms with Crippen LogP contribution in [0.1, 0.15) is 39.1 Å². The molecule has 1 aliphatic carbocycles. The summed E-state index contributed by atoms with van der Waals surface area (Å²) in [5.74, 6) is -0.0982. The Hall–Kier alpha value is -3.60. The number of hydrogen-bond acceptors (Lipinski definition) is 3. The topological polar surface area (TPSA) is 61.4 Å². The minimum Gasteiger partial charge on any atom is -0.355 e. The SMILES string of the molecule is CN(Cc1ccc(C(=O)NC2CC2)cc1)C(=O)c1ccccc1Nc1ccccc1. The van der Waals surface area contributed by atoms with E-state index in [0.29, 0.717) is 23.7 Å². The summed E-state index contributed by atoms with van der Waals surface area (Å²) in [6.45, 7) is 0.461. The quantitative estimate of drug-likeness (QED) is 0.611. The second-order valence-corrected chi connectivity index (χ2v) is 7.64. The van der Waals surface area contributed by atoms with Gasteiger partial charge in [0.05, 0.1) is 11.3 Å². The zero-order valence-corrected chi connectivity index (χ0v) is 17.0. The Bertz CT molecular complexity index is 1030. The largest absolute Gasteiger partial charge is 0.355 e. The molecule has 152 valence electrons. The van der Waals surface area contributed by atoms with Gasteiger partial charge >= 0.3 is 0 Å². The van der Waals surface area contributed by atoms with Gasteiger partial charge in [0.2, 0.25) is 0 Å². The molecule has 3 aromatic rings. The van der Waals surface area contributed by atoms with E-state index in [2.05, 4.69) is 10.6 Å². The summed E-state index contributed by atoms with van der Waals surface area (Å²) in [6, 6.07) is 25.1. The van der Waals surface area contributed by atoms with Crippen molar-refractivity contribution in [1.82, 2.24) is 10.2 Å². The van der Waals surface area contributed by atoms with Crippen molar-refractivity contribution in [2.45, 2.75) is 25.4 Å². The molecule has 0 aromatic heterocycles. The van der Waals surface area contributed by atoms with E-state index >= 15 is 0 Å². The number of hydrogen-bond donors (Lipinski definition) is 2. The second-order valence-electron chi connectivity index (χ2n) is 7.64. The predicted octanol–water partition coefficient (Wildman–Crippen LogP) is 4.59. The molecular weight excluding hydrogens is 374 g/mol. The van der Waals surface area contributed by atoms with Crippen LogP contribution in [0.3, 0.4) is 0 Å². The highest BCUT2D eigenvalue weighted by molar-refractivity contribution is 6.00. The second kappa shape index (κ2) is 8.82. The Kier molecular flexibility index (Phi) is 5.80. The molecule has 0 bridgehead atoms. The van der Waals surface area contributed by atoms with Crippen molar-refractivity contribution in [1.29, 1.82) is 0 Å². The fraction of sp³-hybridized carbons (Fsp3) is 0.200. The van der Waals surface area contributed by atoms with E-state index < -0.39 is 0 Å². The minimum atomic E-state index is -0.0652. The van der Waals surface area contributed by atoms with Crippen molar-refractivity contribution in [3.8, 4) is 0 Å². The number of nitrogens with one attached hydrogen (secondary N) is 2. The Morgan fingerprint density at radius 2 is 1.57 bits per heavy atom. The number of anilines is 2. The number of nitrogens with zero attached hydrogens (tertiary/aromatic N) is 1. The number of carbonyl (C=O) groups excluding carboxylic acids is 2. The molecule has 2 amide bonds. The Morgan fingerprint density at radius 1 is 0.900 bits per heavy atom. The van der Waals surface area contributed by atoms with Crippen molar-refractivity contribution in [3.05, 3.63) is 95.6 Å². The molecule has 1 fully saturated rings. The lowest BCUT2D eigenvalue weighted by Crippen LogP contribution is -2.27. The van der Waals surface area contributed by atoms with Crippen LogP contribution < -0.4 is 10.6 Å². The van der Waals surface area contributed by atoms with E-state index in [0.717, 1.165) is 29.8 Å². The standard InChI is InChI=1S/C25H25N3O2/c1-28(17-18-11-13-19(14-12-18)24(29)27-21-15-16-21)25(30)22-9-5-6-10-23(22)26-20-7-3-2-4-8-20/h2-14,21,26H,15-17H2,1H3,(H,27,29). The van der Waals surface area contributed by atoms with E-state index in [1.54, 1.807) is 11.9 Å². The number of amides is 2. The van der Waals surface area contributed by atoms with Gasteiger partial charge in [-0.25, -0.2) is 0 Å². The maximum absolute atomic E-state index is 13.1. The molecule has 5 heteroatoms. The van der Waals surface area contributed by atoms with Crippen molar-refractivity contribution in [2.24, 2.45) is 0 Å². The summed E-state index contributed by atoms with van der Waals surface area (Å²) in [5.41, 5.74) is 3.94. The van der Waals surface area contributed by atoms with Crippen LogP contribution in [0, 0.1) is 0 Å². The zero-order chi connectivity index (χ0) is 20.9. The first-order valence-corrected chi connectivity index (χ1v) is 10.2. The number of para-hydroxylation sites is 2. The third kappa shape index (κ3) is 4.87. The molecule has 2 N–H and O–H groups in total. The third-order valence-electron chi connectivity index (χ3n) is 5.11. The first-order valence-electron chi connectivity index (χ1n) is 10.2. The summed E-state index contributed by atoms with van der Waals surface area (Å²) < 4.78 is 0. The van der Waals surface area contributed by atoms with Crippen molar-refractivity contribution >= 4 is 23.2 Å². The molecule has 0 unspecified atom stereocenters. The van der Waals surface area contributed by atoms with Crippen LogP contribution in [0.5, 0.6) is 0 Å². The van der Waals surface area contributed by atoms with E-state index in [1.807, 2.05) is 78.9 Å². The van der Waals surface area contributed by atoms with E-state index in [-0.39, 0.29) is 11.8 Å². The van der Waals surface area contributed by atoms with Gasteiger partial charge in [-0.05, 0) is 54.8 Å². The van der Waals surface area contributed by atoms with Gasteiger partial charge < -0.3 is 15.5 Å². The highest BCUT2D eigenvalue weighted by atomic mass is 16.2. The lowest BCUT2D eigenvalue weighted by molar-refractivity contribution is 0.0785. The summed E-state index contributed by atoms with van der Waals surface area (Å²) in [4.78, 5) is 26.9. The highest BCUT2D eigenvalue weighted by Gasteiger charge is 2.23. The molecule has 1 saturated carbocycles. The molecule has 1 aliphatic rings. The van der Waals surface area contributed by atoms with Gasteiger partial charge in [-0.15, -0.1) is 0 Å². The molecule has 0 atom stereocenters. The third-order valence-corrected chi connectivity index (χ3v) is 5.11. The van der Waals surface area contributed by atoms with Gasteiger partial charge in [-0.3, -0.25) is 9.59 Å². The molecule has 4 rings (SSSR count). The average Bonchev–Trinajstić information content (AvgIpc) is 3.59. The number of benzene rings is 3. The maximum Gasteiger partial charge on any atom is 0.256 e. The molecule has 0 saturated heterocycles. The van der Waals surface area contributed by atoms with Crippen molar-refractivity contribution < 1.29 is 9.59 Å². The van der Waals surface area contributed by atoms with Crippen molar-refractivity contribution in [3.63, 3.8) is 0 Å². The van der Waals surface area contributed by atoms with Crippen LogP contribution in [0.15, 0.2) is 78.9 Å². The summed E-state index contributed by atoms with van der Waals surface area (Å²) in [7, 11) is 1.79. The monoisotopic (exact) mass is 399 g/mol. The Balaban J connectivity index is 1.43. The summed E-state index contributed by atoms with van der Waals surface area (Å²) in [5, 5.41) is 6.31. The van der Waals surface area contributed by atoms with E-state index in [1.165, 1.54) is 0 Å².